The lowest BCUT2D eigenvalue weighted by Crippen LogP contribution is -2.45. The van der Waals surface area contributed by atoms with Crippen LogP contribution in [0.2, 0.25) is 0 Å². The lowest BCUT2D eigenvalue weighted by molar-refractivity contribution is 0.0925. The van der Waals surface area contributed by atoms with E-state index in [1.165, 1.54) is 44.8 Å². The van der Waals surface area contributed by atoms with Gasteiger partial charge in [0.25, 0.3) is 5.91 Å². The first-order chi connectivity index (χ1) is 12.6. The molecule has 3 N–H and O–H groups in total. The Hall–Kier alpha value is -1.25. The van der Waals surface area contributed by atoms with Crippen LogP contribution < -0.4 is 16.0 Å². The topological polar surface area (TPSA) is 78.7 Å². The molecule has 1 heterocycles. The number of guanidine groups is 1. The maximum atomic E-state index is 12.0. The van der Waals surface area contributed by atoms with Crippen molar-refractivity contribution >= 4 is 35.8 Å². The first-order valence-corrected chi connectivity index (χ1v) is 9.93. The summed E-state index contributed by atoms with van der Waals surface area (Å²) in [5.74, 6) is 2.01. The largest absolute Gasteiger partial charge is 0.459 e. The van der Waals surface area contributed by atoms with Gasteiger partial charge in [0, 0.05) is 31.7 Å². The molecule has 1 saturated carbocycles. The second-order valence-corrected chi connectivity index (χ2v) is 7.19. The third-order valence-corrected chi connectivity index (χ3v) is 5.11. The number of halogens is 1. The highest BCUT2D eigenvalue weighted by atomic mass is 127. The van der Waals surface area contributed by atoms with Crippen LogP contribution in [0.1, 0.15) is 68.0 Å². The van der Waals surface area contributed by atoms with Gasteiger partial charge in [-0.2, -0.15) is 0 Å². The number of hydrogen-bond donors (Lipinski definition) is 3. The molecule has 0 unspecified atom stereocenters. The number of furan rings is 1. The minimum atomic E-state index is -0.154. The summed E-state index contributed by atoms with van der Waals surface area (Å²) in [7, 11) is 1.81. The average Bonchev–Trinajstić information content (AvgIpc) is 3.08. The predicted molar refractivity (Wildman–Crippen MR) is 121 cm³/mol. The summed E-state index contributed by atoms with van der Waals surface area (Å²) < 4.78 is 5.19. The van der Waals surface area contributed by atoms with E-state index in [2.05, 4.69) is 27.9 Å². The second kappa shape index (κ2) is 13.0. The van der Waals surface area contributed by atoms with Gasteiger partial charge in [-0.3, -0.25) is 9.79 Å². The van der Waals surface area contributed by atoms with Crippen LogP contribution in [0.4, 0.5) is 0 Å². The minimum Gasteiger partial charge on any atom is -0.459 e. The summed E-state index contributed by atoms with van der Waals surface area (Å²) in [6, 6.07) is 2.32. The van der Waals surface area contributed by atoms with Gasteiger partial charge in [0.15, 0.2) is 11.7 Å². The molecule has 0 spiro atoms. The number of amides is 1. The van der Waals surface area contributed by atoms with Crippen LogP contribution in [0.5, 0.6) is 0 Å². The SMILES string of the molecule is CCCC1CCC(NC(=NC)NCCCNC(=O)c2occc2C)CC1.I. The van der Waals surface area contributed by atoms with Gasteiger partial charge in [-0.1, -0.05) is 19.8 Å². The van der Waals surface area contributed by atoms with Crippen molar-refractivity contribution in [3.8, 4) is 0 Å². The lowest BCUT2D eigenvalue weighted by atomic mass is 9.83. The van der Waals surface area contributed by atoms with E-state index in [-0.39, 0.29) is 29.9 Å². The summed E-state index contributed by atoms with van der Waals surface area (Å²) in [4.78, 5) is 16.3. The second-order valence-electron chi connectivity index (χ2n) is 7.19. The monoisotopic (exact) mass is 490 g/mol. The zero-order valence-electron chi connectivity index (χ0n) is 16.8. The molecule has 0 aromatic carbocycles. The fourth-order valence-electron chi connectivity index (χ4n) is 3.57. The Balaban J connectivity index is 0.00000364. The summed E-state index contributed by atoms with van der Waals surface area (Å²) in [5.41, 5.74) is 0.860. The van der Waals surface area contributed by atoms with Crippen LogP contribution in [0, 0.1) is 12.8 Å². The Kier molecular flexibility index (Phi) is 11.5. The first-order valence-electron chi connectivity index (χ1n) is 9.93. The summed E-state index contributed by atoms with van der Waals surface area (Å²) in [6.07, 6.45) is 10.1. The smallest absolute Gasteiger partial charge is 0.287 e. The van der Waals surface area contributed by atoms with E-state index in [1.54, 1.807) is 13.1 Å². The number of hydrogen-bond acceptors (Lipinski definition) is 3. The molecule has 2 rings (SSSR count). The Morgan fingerprint density at radius 3 is 2.52 bits per heavy atom. The molecule has 7 heteroatoms. The van der Waals surface area contributed by atoms with E-state index < -0.39 is 0 Å². The molecule has 0 bridgehead atoms. The summed E-state index contributed by atoms with van der Waals surface area (Å²) in [6.45, 7) is 5.51. The molecule has 154 valence electrons. The fourth-order valence-corrected chi connectivity index (χ4v) is 3.57. The zero-order valence-corrected chi connectivity index (χ0v) is 19.2. The normalized spacial score (nSPS) is 19.9. The van der Waals surface area contributed by atoms with Crippen molar-refractivity contribution in [1.29, 1.82) is 0 Å². The maximum absolute atomic E-state index is 12.0. The van der Waals surface area contributed by atoms with Crippen molar-refractivity contribution in [1.82, 2.24) is 16.0 Å². The molecule has 1 aliphatic rings. The Morgan fingerprint density at radius 1 is 1.22 bits per heavy atom. The molecule has 0 radical (unpaired) electrons. The van der Waals surface area contributed by atoms with Crippen LogP contribution in [-0.2, 0) is 0 Å². The van der Waals surface area contributed by atoms with Crippen LogP contribution in [0.25, 0.3) is 0 Å². The Labute approximate surface area is 180 Å². The molecule has 1 aliphatic carbocycles. The minimum absolute atomic E-state index is 0. The van der Waals surface area contributed by atoms with E-state index in [0.717, 1.165) is 30.4 Å². The molecule has 1 aromatic rings. The van der Waals surface area contributed by atoms with Gasteiger partial charge in [-0.25, -0.2) is 0 Å². The summed E-state index contributed by atoms with van der Waals surface area (Å²) in [5, 5.41) is 9.75. The van der Waals surface area contributed by atoms with Crippen LogP contribution in [0.3, 0.4) is 0 Å². The van der Waals surface area contributed by atoms with Crippen LogP contribution in [-0.4, -0.2) is 38.0 Å². The zero-order chi connectivity index (χ0) is 18.8. The molecule has 0 aliphatic heterocycles. The number of aliphatic imine (C=N–C) groups is 1. The van der Waals surface area contributed by atoms with Gasteiger partial charge in [0.2, 0.25) is 0 Å². The molecule has 1 fully saturated rings. The molecule has 0 saturated heterocycles. The molecule has 27 heavy (non-hydrogen) atoms. The van der Waals surface area contributed by atoms with Crippen LogP contribution in [0.15, 0.2) is 21.7 Å². The number of rotatable bonds is 8. The number of nitrogens with zero attached hydrogens (tertiary/aromatic N) is 1. The van der Waals surface area contributed by atoms with Gasteiger partial charge < -0.3 is 20.4 Å². The highest BCUT2D eigenvalue weighted by Crippen LogP contribution is 2.27. The van der Waals surface area contributed by atoms with Crippen molar-refractivity contribution in [3.05, 3.63) is 23.7 Å². The highest BCUT2D eigenvalue weighted by molar-refractivity contribution is 14.0. The molecule has 0 atom stereocenters. The fraction of sp³-hybridized carbons (Fsp3) is 0.700. The van der Waals surface area contributed by atoms with E-state index in [0.29, 0.717) is 18.3 Å². The standard InChI is InChI=1S/C20H34N4O2.HI/c1-4-6-16-7-9-17(10-8-16)24-20(21-3)23-13-5-12-22-19(25)18-15(2)11-14-26-18;/h11,14,16-17H,4-10,12-13H2,1-3H3,(H,22,25)(H2,21,23,24);1H. The van der Waals surface area contributed by atoms with Gasteiger partial charge in [-0.15, -0.1) is 24.0 Å². The van der Waals surface area contributed by atoms with E-state index in [1.807, 2.05) is 6.92 Å². The Bertz CT molecular complexity index is 580. The number of carbonyl (C=O) groups is 1. The number of nitrogens with one attached hydrogen (secondary N) is 3. The van der Waals surface area contributed by atoms with Crippen molar-refractivity contribution in [3.63, 3.8) is 0 Å². The molecular weight excluding hydrogens is 455 g/mol. The summed E-state index contributed by atoms with van der Waals surface area (Å²) >= 11 is 0. The van der Waals surface area contributed by atoms with Gasteiger partial charge >= 0.3 is 0 Å². The molecule has 1 amide bonds. The van der Waals surface area contributed by atoms with Crippen molar-refractivity contribution in [2.75, 3.05) is 20.1 Å². The van der Waals surface area contributed by atoms with Crippen molar-refractivity contribution in [2.24, 2.45) is 10.9 Å². The Morgan fingerprint density at radius 2 is 1.93 bits per heavy atom. The molecule has 1 aromatic heterocycles. The average molecular weight is 490 g/mol. The maximum Gasteiger partial charge on any atom is 0.287 e. The quantitative estimate of drug-likeness (QED) is 0.224. The lowest BCUT2D eigenvalue weighted by Gasteiger charge is -2.30. The van der Waals surface area contributed by atoms with E-state index in [4.69, 9.17) is 4.42 Å². The van der Waals surface area contributed by atoms with Gasteiger partial charge in [-0.05, 0) is 51.0 Å². The predicted octanol–water partition coefficient (Wildman–Crippen LogP) is 3.85. The van der Waals surface area contributed by atoms with E-state index >= 15 is 0 Å². The third kappa shape index (κ3) is 8.11. The van der Waals surface area contributed by atoms with Gasteiger partial charge in [0.1, 0.15) is 0 Å². The van der Waals surface area contributed by atoms with E-state index in [9.17, 15) is 4.79 Å². The third-order valence-electron chi connectivity index (χ3n) is 5.11. The van der Waals surface area contributed by atoms with Crippen molar-refractivity contribution in [2.45, 2.75) is 64.8 Å². The van der Waals surface area contributed by atoms with Crippen molar-refractivity contribution < 1.29 is 9.21 Å². The highest BCUT2D eigenvalue weighted by Gasteiger charge is 2.21. The molecule has 6 nitrogen and oxygen atoms in total. The van der Waals surface area contributed by atoms with Gasteiger partial charge in [0.05, 0.1) is 6.26 Å². The number of carbonyl (C=O) groups excluding carboxylic acids is 1. The number of aryl methyl sites for hydroxylation is 1. The first kappa shape index (κ1) is 23.8. The molecular formula is C20H35IN4O2. The van der Waals surface area contributed by atoms with Crippen LogP contribution >= 0.6 is 24.0 Å².